The zero-order valence-corrected chi connectivity index (χ0v) is 17.1. The van der Waals surface area contributed by atoms with Gasteiger partial charge in [-0.1, -0.05) is 30.3 Å². The van der Waals surface area contributed by atoms with Gasteiger partial charge in [0.2, 0.25) is 0 Å². The molecule has 0 aliphatic rings. The molecular weight excluding hydrogens is 386 g/mol. The molecule has 0 N–H and O–H groups in total. The van der Waals surface area contributed by atoms with Gasteiger partial charge in [0.05, 0.1) is 13.7 Å². The maximum absolute atomic E-state index is 10.9. The Labute approximate surface area is 177 Å². The van der Waals surface area contributed by atoms with E-state index in [2.05, 4.69) is 30.3 Å². The van der Waals surface area contributed by atoms with Crippen LogP contribution in [0.5, 0.6) is 11.5 Å². The van der Waals surface area contributed by atoms with E-state index < -0.39 is 0 Å². The van der Waals surface area contributed by atoms with Crippen LogP contribution in [-0.4, -0.2) is 20.0 Å². The first-order valence-corrected chi connectivity index (χ1v) is 9.27. The van der Waals surface area contributed by atoms with E-state index in [4.69, 9.17) is 9.47 Å². The number of carbonyl (C=O) groups excluding carboxylic acids is 1. The molecule has 0 radical (unpaired) electrons. The lowest BCUT2D eigenvalue weighted by Gasteiger charge is -2.11. The summed E-state index contributed by atoms with van der Waals surface area (Å²) in [7, 11) is 1.57. The zero-order valence-electron chi connectivity index (χ0n) is 16.3. The van der Waals surface area contributed by atoms with Crippen LogP contribution in [0.1, 0.15) is 27.9 Å². The van der Waals surface area contributed by atoms with Gasteiger partial charge in [0.1, 0.15) is 6.29 Å². The number of aryl methyl sites for hydroxylation is 1. The van der Waals surface area contributed by atoms with Gasteiger partial charge in [-0.25, -0.2) is 0 Å². The number of rotatable bonds is 9. The number of carbonyl (C=O) groups is 1. The van der Waals surface area contributed by atoms with Gasteiger partial charge >= 0.3 is 0 Å². The largest absolute Gasteiger partial charge is 1.00 e. The highest BCUT2D eigenvalue weighted by molar-refractivity contribution is 5.76. The molecule has 0 saturated carbocycles. The van der Waals surface area contributed by atoms with E-state index in [1.54, 1.807) is 25.3 Å². The SMILES string of the molecule is COc1cc(C=O)ccc1OCCCc1cccc(C=C[n+]2ccccc2)c1.[Cl-]. The number of methoxy groups -OCH3 is 1. The minimum absolute atomic E-state index is 0. The van der Waals surface area contributed by atoms with Gasteiger partial charge in [-0.05, 0) is 42.2 Å². The lowest BCUT2D eigenvalue weighted by atomic mass is 10.1. The van der Waals surface area contributed by atoms with Gasteiger partial charge in [-0.3, -0.25) is 4.79 Å². The monoisotopic (exact) mass is 409 g/mol. The summed E-state index contributed by atoms with van der Waals surface area (Å²) in [5, 5.41) is 0. The Morgan fingerprint density at radius 3 is 2.52 bits per heavy atom. The van der Waals surface area contributed by atoms with Gasteiger partial charge in [-0.2, -0.15) is 4.57 Å². The number of pyridine rings is 1. The van der Waals surface area contributed by atoms with Crippen molar-refractivity contribution in [2.24, 2.45) is 0 Å². The van der Waals surface area contributed by atoms with Gasteiger partial charge in [0.15, 0.2) is 30.1 Å². The Morgan fingerprint density at radius 2 is 1.76 bits per heavy atom. The number of hydrogen-bond donors (Lipinski definition) is 0. The smallest absolute Gasteiger partial charge is 0.175 e. The van der Waals surface area contributed by atoms with Crippen molar-refractivity contribution in [1.29, 1.82) is 0 Å². The summed E-state index contributed by atoms with van der Waals surface area (Å²) in [6.07, 6.45) is 10.8. The molecule has 0 aliphatic heterocycles. The standard InChI is InChI=1S/C24H24NO3.ClH/c1-27-24-18-22(19-26)10-11-23(24)28-16-6-9-20-7-5-8-21(17-20)12-15-25-13-3-2-4-14-25;/h2-5,7-8,10-15,17-19H,6,9,16H2,1H3;1H/q+1;/p-1. The van der Waals surface area contributed by atoms with E-state index in [1.165, 1.54) is 11.1 Å². The topological polar surface area (TPSA) is 39.4 Å². The number of hydrogen-bond acceptors (Lipinski definition) is 3. The van der Waals surface area contributed by atoms with Crippen LogP contribution in [0.3, 0.4) is 0 Å². The Bertz CT molecular complexity index is 942. The Kier molecular flexibility index (Phi) is 8.93. The van der Waals surface area contributed by atoms with E-state index in [0.717, 1.165) is 19.1 Å². The Hall–Kier alpha value is -3.11. The first-order chi connectivity index (χ1) is 13.8. The van der Waals surface area contributed by atoms with Crippen LogP contribution in [0.2, 0.25) is 0 Å². The molecule has 1 aromatic heterocycles. The lowest BCUT2D eigenvalue weighted by Crippen LogP contribution is -3.00. The lowest BCUT2D eigenvalue weighted by molar-refractivity contribution is -0.567. The summed E-state index contributed by atoms with van der Waals surface area (Å²) in [6.45, 7) is 0.580. The summed E-state index contributed by atoms with van der Waals surface area (Å²) in [6, 6.07) is 19.7. The van der Waals surface area contributed by atoms with Crippen LogP contribution in [0, 0.1) is 0 Å². The zero-order chi connectivity index (χ0) is 19.6. The van der Waals surface area contributed by atoms with Crippen molar-refractivity contribution < 1.29 is 31.2 Å². The molecule has 0 amide bonds. The summed E-state index contributed by atoms with van der Waals surface area (Å²) < 4.78 is 13.1. The number of benzene rings is 2. The maximum Gasteiger partial charge on any atom is 0.175 e. The highest BCUT2D eigenvalue weighted by Crippen LogP contribution is 2.27. The second-order valence-electron chi connectivity index (χ2n) is 6.36. The van der Waals surface area contributed by atoms with Crippen LogP contribution >= 0.6 is 0 Å². The second kappa shape index (κ2) is 11.7. The van der Waals surface area contributed by atoms with Crippen LogP contribution in [0.15, 0.2) is 73.1 Å². The fourth-order valence-corrected chi connectivity index (χ4v) is 2.87. The first kappa shape index (κ1) is 22.2. The minimum atomic E-state index is 0. The molecule has 0 saturated heterocycles. The molecule has 1 heterocycles. The fraction of sp³-hybridized carbons (Fsp3) is 0.167. The first-order valence-electron chi connectivity index (χ1n) is 9.27. The van der Waals surface area contributed by atoms with Gasteiger partial charge in [0.25, 0.3) is 0 Å². The van der Waals surface area contributed by atoms with Crippen LogP contribution in [-0.2, 0) is 6.42 Å². The number of halogens is 1. The fourth-order valence-electron chi connectivity index (χ4n) is 2.87. The molecule has 0 aliphatic carbocycles. The van der Waals surface area contributed by atoms with Crippen molar-refractivity contribution in [2.45, 2.75) is 12.8 Å². The molecule has 0 bridgehead atoms. The molecule has 4 nitrogen and oxygen atoms in total. The van der Waals surface area contributed by atoms with Crippen molar-refractivity contribution in [3.8, 4) is 11.5 Å². The molecule has 0 atom stereocenters. The number of nitrogens with zero attached hydrogens (tertiary/aromatic N) is 1. The van der Waals surface area contributed by atoms with Crippen LogP contribution in [0.25, 0.3) is 12.3 Å². The van der Waals surface area contributed by atoms with Crippen LogP contribution < -0.4 is 26.4 Å². The predicted octanol–water partition coefficient (Wildman–Crippen LogP) is 1.44. The third-order valence-corrected chi connectivity index (χ3v) is 4.32. The molecule has 0 fully saturated rings. The second-order valence-corrected chi connectivity index (χ2v) is 6.36. The molecule has 150 valence electrons. The molecular formula is C24H24ClNO3. The van der Waals surface area contributed by atoms with Crippen molar-refractivity contribution in [3.63, 3.8) is 0 Å². The van der Waals surface area contributed by atoms with Gasteiger partial charge in [-0.15, -0.1) is 0 Å². The molecule has 0 spiro atoms. The normalized spacial score (nSPS) is 10.4. The van der Waals surface area contributed by atoms with Crippen molar-refractivity contribution in [3.05, 3.63) is 89.7 Å². The van der Waals surface area contributed by atoms with Crippen LogP contribution in [0.4, 0.5) is 0 Å². The minimum Gasteiger partial charge on any atom is -1.00 e. The highest BCUT2D eigenvalue weighted by Gasteiger charge is 2.05. The van der Waals surface area contributed by atoms with E-state index in [-0.39, 0.29) is 12.4 Å². The molecule has 2 aromatic carbocycles. The molecule has 3 rings (SSSR count). The number of ether oxygens (including phenoxy) is 2. The average molecular weight is 410 g/mol. The van der Waals surface area contributed by atoms with E-state index in [0.29, 0.717) is 23.7 Å². The quantitative estimate of drug-likeness (QED) is 0.305. The number of aldehydes is 1. The van der Waals surface area contributed by atoms with E-state index in [9.17, 15) is 4.79 Å². The maximum atomic E-state index is 10.9. The molecule has 5 heteroatoms. The van der Waals surface area contributed by atoms with Crippen molar-refractivity contribution in [2.75, 3.05) is 13.7 Å². The van der Waals surface area contributed by atoms with E-state index in [1.807, 2.05) is 41.4 Å². The van der Waals surface area contributed by atoms with Gasteiger partial charge in [0, 0.05) is 23.8 Å². The highest BCUT2D eigenvalue weighted by atomic mass is 35.5. The summed E-state index contributed by atoms with van der Waals surface area (Å²) >= 11 is 0. The molecule has 0 unspecified atom stereocenters. The average Bonchev–Trinajstić information content (AvgIpc) is 2.76. The van der Waals surface area contributed by atoms with Gasteiger partial charge < -0.3 is 21.9 Å². The van der Waals surface area contributed by atoms with Crippen molar-refractivity contribution in [1.82, 2.24) is 0 Å². The molecule has 29 heavy (non-hydrogen) atoms. The summed E-state index contributed by atoms with van der Waals surface area (Å²) in [5.74, 6) is 1.24. The third-order valence-electron chi connectivity index (χ3n) is 4.32. The Balaban J connectivity index is 0.00000300. The van der Waals surface area contributed by atoms with E-state index >= 15 is 0 Å². The number of aromatic nitrogens is 1. The molecule has 3 aromatic rings. The predicted molar refractivity (Wildman–Crippen MR) is 111 cm³/mol. The van der Waals surface area contributed by atoms with Crippen molar-refractivity contribution >= 4 is 18.6 Å². The Morgan fingerprint density at radius 1 is 0.931 bits per heavy atom. The third kappa shape index (κ3) is 6.77. The summed E-state index contributed by atoms with van der Waals surface area (Å²) in [5.41, 5.74) is 3.01. The summed E-state index contributed by atoms with van der Waals surface area (Å²) in [4.78, 5) is 10.9.